The SMILES string of the molecule is CC(Nc1cc(-n2ccnc2)ncn1)c1cc2n(n1)CCCC2. The third kappa shape index (κ3) is 2.81. The normalized spacial score (nSPS) is 15.2. The third-order valence-electron chi connectivity index (χ3n) is 4.16. The maximum Gasteiger partial charge on any atom is 0.143 e. The average Bonchev–Trinajstić information content (AvgIpc) is 3.24. The van der Waals surface area contributed by atoms with Crippen LogP contribution in [-0.2, 0) is 13.0 Å². The number of nitrogens with zero attached hydrogens (tertiary/aromatic N) is 6. The van der Waals surface area contributed by atoms with E-state index in [4.69, 9.17) is 5.10 Å². The zero-order valence-corrected chi connectivity index (χ0v) is 13.1. The van der Waals surface area contributed by atoms with Crippen LogP contribution in [0.4, 0.5) is 5.82 Å². The molecule has 0 aliphatic carbocycles. The zero-order valence-electron chi connectivity index (χ0n) is 13.1. The van der Waals surface area contributed by atoms with Crippen LogP contribution in [0.15, 0.2) is 37.2 Å². The van der Waals surface area contributed by atoms with Crippen molar-refractivity contribution in [3.05, 3.63) is 48.6 Å². The van der Waals surface area contributed by atoms with Gasteiger partial charge in [0, 0.05) is 30.7 Å². The minimum absolute atomic E-state index is 0.0960. The monoisotopic (exact) mass is 309 g/mol. The van der Waals surface area contributed by atoms with Gasteiger partial charge in [-0.1, -0.05) is 0 Å². The van der Waals surface area contributed by atoms with Crippen molar-refractivity contribution >= 4 is 5.82 Å². The van der Waals surface area contributed by atoms with Gasteiger partial charge in [0.05, 0.1) is 11.7 Å². The number of anilines is 1. The molecule has 1 aliphatic heterocycles. The molecule has 4 rings (SSSR count). The molecule has 0 amide bonds. The molecule has 1 unspecified atom stereocenters. The molecule has 0 spiro atoms. The Morgan fingerprint density at radius 1 is 1.22 bits per heavy atom. The van der Waals surface area contributed by atoms with Gasteiger partial charge < -0.3 is 5.32 Å². The van der Waals surface area contributed by atoms with E-state index < -0.39 is 0 Å². The molecule has 3 aromatic rings. The van der Waals surface area contributed by atoms with E-state index in [9.17, 15) is 0 Å². The largest absolute Gasteiger partial charge is 0.362 e. The van der Waals surface area contributed by atoms with Gasteiger partial charge in [-0.25, -0.2) is 15.0 Å². The summed E-state index contributed by atoms with van der Waals surface area (Å²) in [6.45, 7) is 3.13. The summed E-state index contributed by atoms with van der Waals surface area (Å²) in [5, 5.41) is 8.12. The molecule has 1 atom stereocenters. The molecule has 0 bridgehead atoms. The molecule has 23 heavy (non-hydrogen) atoms. The lowest BCUT2D eigenvalue weighted by molar-refractivity contribution is 0.482. The second-order valence-corrected chi connectivity index (χ2v) is 5.84. The Morgan fingerprint density at radius 2 is 2.17 bits per heavy atom. The molecular weight excluding hydrogens is 290 g/mol. The van der Waals surface area contributed by atoms with Gasteiger partial charge in [-0.2, -0.15) is 5.10 Å². The van der Waals surface area contributed by atoms with Gasteiger partial charge in [-0.15, -0.1) is 0 Å². The lowest BCUT2D eigenvalue weighted by Gasteiger charge is -2.13. The van der Waals surface area contributed by atoms with E-state index in [1.165, 1.54) is 18.5 Å². The van der Waals surface area contributed by atoms with Gasteiger partial charge >= 0.3 is 0 Å². The number of hydrogen-bond acceptors (Lipinski definition) is 5. The molecule has 4 heterocycles. The maximum absolute atomic E-state index is 4.71. The molecule has 0 radical (unpaired) electrons. The quantitative estimate of drug-likeness (QED) is 0.801. The standard InChI is InChI=1S/C16H19N7/c1-12(14-8-13-4-2-3-6-23(13)21-14)20-15-9-16(19-10-18-15)22-7-5-17-11-22/h5,7-12H,2-4,6H2,1H3,(H,18,19,20). The number of aromatic nitrogens is 6. The van der Waals surface area contributed by atoms with Crippen molar-refractivity contribution in [1.29, 1.82) is 0 Å². The van der Waals surface area contributed by atoms with Crippen molar-refractivity contribution in [2.45, 2.75) is 38.8 Å². The van der Waals surface area contributed by atoms with E-state index in [0.29, 0.717) is 0 Å². The third-order valence-corrected chi connectivity index (χ3v) is 4.16. The molecule has 0 fully saturated rings. The summed E-state index contributed by atoms with van der Waals surface area (Å²) in [5.74, 6) is 1.57. The van der Waals surface area contributed by atoms with Crippen molar-refractivity contribution in [2.75, 3.05) is 5.32 Å². The van der Waals surface area contributed by atoms with Crippen LogP contribution in [0.1, 0.15) is 37.2 Å². The van der Waals surface area contributed by atoms with Crippen molar-refractivity contribution in [3.8, 4) is 5.82 Å². The van der Waals surface area contributed by atoms with Gasteiger partial charge in [-0.05, 0) is 32.3 Å². The zero-order chi connectivity index (χ0) is 15.6. The number of nitrogens with one attached hydrogen (secondary N) is 1. The van der Waals surface area contributed by atoms with E-state index in [-0.39, 0.29) is 6.04 Å². The number of hydrogen-bond donors (Lipinski definition) is 1. The summed E-state index contributed by atoms with van der Waals surface area (Å²) in [7, 11) is 0. The van der Waals surface area contributed by atoms with Crippen LogP contribution in [-0.4, -0.2) is 29.3 Å². The summed E-state index contributed by atoms with van der Waals surface area (Å²) in [5.41, 5.74) is 2.39. The molecular formula is C16H19N7. The van der Waals surface area contributed by atoms with Crippen molar-refractivity contribution < 1.29 is 0 Å². The molecule has 7 nitrogen and oxygen atoms in total. The highest BCUT2D eigenvalue weighted by Crippen LogP contribution is 2.22. The Balaban J connectivity index is 1.53. The van der Waals surface area contributed by atoms with Crippen molar-refractivity contribution in [3.63, 3.8) is 0 Å². The predicted octanol–water partition coefficient (Wildman–Crippen LogP) is 2.37. The molecule has 0 saturated carbocycles. The molecule has 0 aromatic carbocycles. The van der Waals surface area contributed by atoms with Crippen LogP contribution in [0.25, 0.3) is 5.82 Å². The fourth-order valence-corrected chi connectivity index (χ4v) is 2.91. The Bertz CT molecular complexity index is 767. The first-order chi connectivity index (χ1) is 11.3. The summed E-state index contributed by atoms with van der Waals surface area (Å²) in [4.78, 5) is 12.6. The Morgan fingerprint density at radius 3 is 3.00 bits per heavy atom. The van der Waals surface area contributed by atoms with Crippen LogP contribution in [0.3, 0.4) is 0 Å². The fraction of sp³-hybridized carbons (Fsp3) is 0.375. The number of aryl methyl sites for hydroxylation is 2. The van der Waals surface area contributed by atoms with Crippen molar-refractivity contribution in [2.24, 2.45) is 0 Å². The van der Waals surface area contributed by atoms with Gasteiger partial charge in [0.25, 0.3) is 0 Å². The van der Waals surface area contributed by atoms with Crippen LogP contribution in [0.5, 0.6) is 0 Å². The molecule has 3 aromatic heterocycles. The lowest BCUT2D eigenvalue weighted by Crippen LogP contribution is -2.12. The molecule has 1 aliphatic rings. The highest BCUT2D eigenvalue weighted by Gasteiger charge is 2.16. The number of rotatable bonds is 4. The summed E-state index contributed by atoms with van der Waals surface area (Å²) >= 11 is 0. The van der Waals surface area contributed by atoms with Crippen LogP contribution >= 0.6 is 0 Å². The first kappa shape index (κ1) is 13.9. The van der Waals surface area contributed by atoms with Crippen LogP contribution in [0.2, 0.25) is 0 Å². The topological polar surface area (TPSA) is 73.5 Å². The Kier molecular flexibility index (Phi) is 3.53. The smallest absolute Gasteiger partial charge is 0.143 e. The Labute approximate surface area is 134 Å². The number of imidazole rings is 1. The van der Waals surface area contributed by atoms with Gasteiger partial charge in [-0.3, -0.25) is 9.25 Å². The van der Waals surface area contributed by atoms with Gasteiger partial charge in [0.1, 0.15) is 24.3 Å². The second kappa shape index (κ2) is 5.83. The van der Waals surface area contributed by atoms with E-state index in [1.54, 1.807) is 18.9 Å². The first-order valence-electron chi connectivity index (χ1n) is 7.93. The Hall–Kier alpha value is -2.70. The molecule has 7 heteroatoms. The van der Waals surface area contributed by atoms with Crippen LogP contribution in [0, 0.1) is 0 Å². The minimum Gasteiger partial charge on any atom is -0.362 e. The number of fused-ring (bicyclic) bond motifs is 1. The lowest BCUT2D eigenvalue weighted by atomic mass is 10.1. The summed E-state index contributed by atoms with van der Waals surface area (Å²) in [6.07, 6.45) is 10.5. The van der Waals surface area contributed by atoms with Crippen molar-refractivity contribution in [1.82, 2.24) is 29.3 Å². The molecule has 118 valence electrons. The average molecular weight is 309 g/mol. The van der Waals surface area contributed by atoms with E-state index >= 15 is 0 Å². The van der Waals surface area contributed by atoms with Gasteiger partial charge in [0.2, 0.25) is 0 Å². The first-order valence-corrected chi connectivity index (χ1v) is 7.93. The van der Waals surface area contributed by atoms with Crippen LogP contribution < -0.4 is 5.32 Å². The second-order valence-electron chi connectivity index (χ2n) is 5.84. The minimum atomic E-state index is 0.0960. The van der Waals surface area contributed by atoms with E-state index in [2.05, 4.69) is 37.9 Å². The highest BCUT2D eigenvalue weighted by molar-refractivity contribution is 5.42. The van der Waals surface area contributed by atoms with E-state index in [1.807, 2.05) is 16.8 Å². The summed E-state index contributed by atoms with van der Waals surface area (Å²) < 4.78 is 3.99. The fourth-order valence-electron chi connectivity index (χ4n) is 2.91. The highest BCUT2D eigenvalue weighted by atomic mass is 15.3. The van der Waals surface area contributed by atoms with E-state index in [0.717, 1.165) is 30.3 Å². The maximum atomic E-state index is 4.71. The molecule has 1 N–H and O–H groups in total. The predicted molar refractivity (Wildman–Crippen MR) is 86.4 cm³/mol. The van der Waals surface area contributed by atoms with Gasteiger partial charge in [0.15, 0.2) is 0 Å². The molecule has 0 saturated heterocycles. The summed E-state index contributed by atoms with van der Waals surface area (Å²) in [6, 6.07) is 4.21.